The van der Waals surface area contributed by atoms with Crippen LogP contribution in [0.2, 0.25) is 0 Å². The number of hydrogen-bond donors (Lipinski definition) is 1. The van der Waals surface area contributed by atoms with E-state index in [1.54, 1.807) is 4.90 Å². The molecule has 1 N–H and O–H groups in total. The number of carbonyl (C=O) groups is 3. The number of Topliss-reactive ketones (excluding diaryl/α,β-unsaturated/α-hetero) is 1. The summed E-state index contributed by atoms with van der Waals surface area (Å²) in [6, 6.07) is -0.859. The fourth-order valence-corrected chi connectivity index (χ4v) is 9.75. The number of morpholine rings is 1. The lowest BCUT2D eigenvalue weighted by molar-refractivity contribution is -0.231. The number of alkyl carbamates (subject to hydrolysis) is 1. The zero-order valence-corrected chi connectivity index (χ0v) is 27.5. The standard InChI is InChI=1S/C34H52FN5O5/c1-34(2,3)45-33(43)36-21-11-12-39(18-21)28-25(35)17-23-27-31(28)44-30-22-8-6-5-7-20(22)9-10-26(30)40(27)19-24(29(23)41)32(42)38-15-13-37(4)14-16-38/h19-23,25-28,30-31H,5-18H2,1-4H3,(H,36,43)/t20?,21-,22?,23?,25?,26?,27?,28?,30?,31?/m1/s1. The largest absolute Gasteiger partial charge is 0.444 e. The molecule has 45 heavy (non-hydrogen) atoms. The number of nitrogens with zero attached hydrogens (tertiary/aromatic N) is 4. The van der Waals surface area contributed by atoms with Crippen LogP contribution in [0.15, 0.2) is 11.8 Å². The molecule has 3 aliphatic carbocycles. The first-order chi connectivity index (χ1) is 21.5. The predicted molar refractivity (Wildman–Crippen MR) is 166 cm³/mol. The van der Waals surface area contributed by atoms with Crippen LogP contribution in [0.3, 0.4) is 0 Å². The van der Waals surface area contributed by atoms with E-state index in [0.717, 1.165) is 32.4 Å². The molecule has 0 bridgehead atoms. The summed E-state index contributed by atoms with van der Waals surface area (Å²) in [6.07, 6.45) is 7.29. The number of ether oxygens (including phenoxy) is 2. The lowest BCUT2D eigenvalue weighted by Gasteiger charge is -2.62. The van der Waals surface area contributed by atoms with Crippen molar-refractivity contribution in [2.45, 2.75) is 120 Å². The van der Waals surface area contributed by atoms with E-state index in [1.165, 1.54) is 19.3 Å². The molecule has 0 aromatic rings. The molecule has 250 valence electrons. The summed E-state index contributed by atoms with van der Waals surface area (Å²) in [5, 5.41) is 2.99. The van der Waals surface area contributed by atoms with Crippen LogP contribution in [0.4, 0.5) is 9.18 Å². The summed E-state index contributed by atoms with van der Waals surface area (Å²) in [4.78, 5) is 49.0. The van der Waals surface area contributed by atoms with Crippen LogP contribution in [-0.2, 0) is 19.1 Å². The molecule has 4 heterocycles. The van der Waals surface area contributed by atoms with Crippen LogP contribution in [0.1, 0.15) is 72.1 Å². The van der Waals surface area contributed by atoms with Gasteiger partial charge in [0.25, 0.3) is 5.91 Å². The molecule has 0 aromatic carbocycles. The molecule has 10 nitrogen and oxygen atoms in total. The normalized spacial score (nSPS) is 40.6. The highest BCUT2D eigenvalue weighted by Gasteiger charge is 2.61. The Balaban J connectivity index is 1.18. The lowest BCUT2D eigenvalue weighted by Crippen LogP contribution is -2.74. The number of likely N-dealkylation sites (N-methyl/N-ethyl adjacent to an activating group) is 1. The van der Waals surface area contributed by atoms with Crippen molar-refractivity contribution in [2.75, 3.05) is 46.3 Å². The van der Waals surface area contributed by atoms with Crippen LogP contribution >= 0.6 is 0 Å². The second-order valence-electron chi connectivity index (χ2n) is 15.8. The molecule has 2 amide bonds. The second-order valence-corrected chi connectivity index (χ2v) is 15.8. The Hall–Kier alpha value is -2.24. The quantitative estimate of drug-likeness (QED) is 0.477. The van der Waals surface area contributed by atoms with Crippen molar-refractivity contribution in [3.8, 4) is 0 Å². The summed E-state index contributed by atoms with van der Waals surface area (Å²) < 4.78 is 29.2. The number of likely N-dealkylation sites (tertiary alicyclic amines) is 1. The van der Waals surface area contributed by atoms with Crippen molar-refractivity contribution in [1.29, 1.82) is 0 Å². The van der Waals surface area contributed by atoms with Crippen LogP contribution in [0.5, 0.6) is 0 Å². The van der Waals surface area contributed by atoms with E-state index < -0.39 is 35.9 Å². The van der Waals surface area contributed by atoms with Gasteiger partial charge in [-0.05, 0) is 71.8 Å². The predicted octanol–water partition coefficient (Wildman–Crippen LogP) is 2.96. The van der Waals surface area contributed by atoms with Gasteiger partial charge in [0, 0.05) is 57.4 Å². The highest BCUT2D eigenvalue weighted by molar-refractivity contribution is 6.20. The van der Waals surface area contributed by atoms with Crippen molar-refractivity contribution in [1.82, 2.24) is 24.9 Å². The molecule has 10 atom stereocenters. The first-order valence-electron chi connectivity index (χ1n) is 17.5. The molecule has 3 saturated carbocycles. The topological polar surface area (TPSA) is 94.7 Å². The summed E-state index contributed by atoms with van der Waals surface area (Å²) in [5.74, 6) is 0.00397. The van der Waals surface area contributed by atoms with Gasteiger partial charge < -0.3 is 29.5 Å². The first kappa shape index (κ1) is 31.4. The van der Waals surface area contributed by atoms with Gasteiger partial charge in [0.1, 0.15) is 11.8 Å². The van der Waals surface area contributed by atoms with Gasteiger partial charge in [-0.3, -0.25) is 14.5 Å². The Morgan fingerprint density at radius 2 is 1.73 bits per heavy atom. The number of amides is 2. The van der Waals surface area contributed by atoms with Crippen molar-refractivity contribution in [3.63, 3.8) is 0 Å². The Kier molecular flexibility index (Phi) is 8.42. The Labute approximate surface area is 267 Å². The molecule has 11 heteroatoms. The minimum atomic E-state index is -1.28. The van der Waals surface area contributed by atoms with Gasteiger partial charge in [-0.15, -0.1) is 0 Å². The third kappa shape index (κ3) is 5.90. The first-order valence-corrected chi connectivity index (χ1v) is 17.5. The summed E-state index contributed by atoms with van der Waals surface area (Å²) in [6.45, 7) is 9.41. The molecule has 7 aliphatic rings. The molecule has 0 spiro atoms. The molecular formula is C34H52FN5O5. The number of alkyl halides is 1. The number of rotatable bonds is 3. The molecule has 0 aromatic heterocycles. The van der Waals surface area contributed by atoms with Gasteiger partial charge in [0.2, 0.25) is 0 Å². The summed E-state index contributed by atoms with van der Waals surface area (Å²) in [7, 11) is 2.04. The van der Waals surface area contributed by atoms with Crippen LogP contribution in [-0.4, -0.2) is 132 Å². The van der Waals surface area contributed by atoms with E-state index in [-0.39, 0.29) is 47.9 Å². The third-order valence-electron chi connectivity index (χ3n) is 11.8. The van der Waals surface area contributed by atoms with Crippen LogP contribution < -0.4 is 5.32 Å². The fraction of sp³-hybridized carbons (Fsp3) is 0.853. The van der Waals surface area contributed by atoms with Gasteiger partial charge in [-0.25, -0.2) is 9.18 Å². The average Bonchev–Trinajstić information content (AvgIpc) is 3.44. The second kappa shape index (κ2) is 12.1. The van der Waals surface area contributed by atoms with E-state index in [1.807, 2.05) is 34.0 Å². The Bertz CT molecular complexity index is 1200. The van der Waals surface area contributed by atoms with Gasteiger partial charge in [0.05, 0.1) is 35.9 Å². The maximum absolute atomic E-state index is 16.6. The lowest BCUT2D eigenvalue weighted by atomic mass is 9.64. The monoisotopic (exact) mass is 629 g/mol. The van der Waals surface area contributed by atoms with Gasteiger partial charge in [-0.2, -0.15) is 0 Å². The molecule has 4 aliphatic heterocycles. The SMILES string of the molecule is CN1CCN(C(=O)C2=CN3C4CCC5CCCCC5C4OC4C(N5CC[C@@H](NC(=O)OC(C)(C)C)C5)C(F)CC(C2=O)C43)CC1. The zero-order chi connectivity index (χ0) is 31.6. The van der Waals surface area contributed by atoms with Crippen molar-refractivity contribution in [3.05, 3.63) is 11.8 Å². The van der Waals surface area contributed by atoms with E-state index in [4.69, 9.17) is 9.47 Å². The highest BCUT2D eigenvalue weighted by atomic mass is 19.1. The molecule has 7 rings (SSSR count). The summed E-state index contributed by atoms with van der Waals surface area (Å²) in [5.41, 5.74) is -0.358. The van der Waals surface area contributed by atoms with E-state index in [0.29, 0.717) is 44.4 Å². The van der Waals surface area contributed by atoms with Gasteiger partial charge in [0.15, 0.2) is 5.78 Å². The maximum atomic E-state index is 16.6. The molecule has 0 radical (unpaired) electrons. The van der Waals surface area contributed by atoms with E-state index in [2.05, 4.69) is 20.0 Å². The van der Waals surface area contributed by atoms with E-state index in [9.17, 15) is 14.4 Å². The summed E-state index contributed by atoms with van der Waals surface area (Å²) >= 11 is 0. The third-order valence-corrected chi connectivity index (χ3v) is 11.8. The number of fused-ring (bicyclic) bond motifs is 4. The van der Waals surface area contributed by atoms with Gasteiger partial charge >= 0.3 is 6.09 Å². The molecule has 9 unspecified atom stereocenters. The van der Waals surface area contributed by atoms with Crippen LogP contribution in [0, 0.1) is 17.8 Å². The Morgan fingerprint density at radius 3 is 2.49 bits per heavy atom. The number of hydrogen-bond acceptors (Lipinski definition) is 8. The van der Waals surface area contributed by atoms with Crippen molar-refractivity contribution < 1.29 is 28.2 Å². The number of ketones is 1. The number of halogens is 1. The van der Waals surface area contributed by atoms with Gasteiger partial charge in [-0.1, -0.05) is 19.3 Å². The average molecular weight is 630 g/mol. The van der Waals surface area contributed by atoms with Crippen molar-refractivity contribution >= 4 is 17.8 Å². The number of carbonyl (C=O) groups excluding carboxylic acids is 3. The maximum Gasteiger partial charge on any atom is 0.407 e. The zero-order valence-electron chi connectivity index (χ0n) is 27.5. The smallest absolute Gasteiger partial charge is 0.407 e. The highest BCUT2D eigenvalue weighted by Crippen LogP contribution is 2.51. The Morgan fingerprint density at radius 1 is 0.978 bits per heavy atom. The minimum Gasteiger partial charge on any atom is -0.444 e. The molecule has 6 fully saturated rings. The van der Waals surface area contributed by atoms with E-state index >= 15 is 4.39 Å². The number of nitrogens with one attached hydrogen (secondary N) is 1. The van der Waals surface area contributed by atoms with Crippen LogP contribution in [0.25, 0.3) is 0 Å². The van der Waals surface area contributed by atoms with Crippen molar-refractivity contribution in [2.24, 2.45) is 17.8 Å². The molecular weight excluding hydrogens is 577 g/mol. The fourth-order valence-electron chi connectivity index (χ4n) is 9.75. The minimum absolute atomic E-state index is 0.0403. The number of piperazine rings is 1. The molecule has 3 saturated heterocycles.